The quantitative estimate of drug-likeness (QED) is 0.301. The third kappa shape index (κ3) is 9.58. The molecule has 0 saturated carbocycles. The van der Waals surface area contributed by atoms with E-state index in [4.69, 9.17) is 4.74 Å². The molecular weight excluding hydrogens is 557 g/mol. The zero-order valence-electron chi connectivity index (χ0n) is 24.8. The van der Waals surface area contributed by atoms with Gasteiger partial charge in [-0.05, 0) is 51.0 Å². The molecule has 0 aliphatic heterocycles. The topological polar surface area (TPSA) is 96.0 Å². The number of anilines is 1. The van der Waals surface area contributed by atoms with Crippen LogP contribution in [0.15, 0.2) is 78.9 Å². The summed E-state index contributed by atoms with van der Waals surface area (Å²) in [5.41, 5.74) is 0.977. The van der Waals surface area contributed by atoms with Crippen LogP contribution in [-0.2, 0) is 32.6 Å². The molecule has 0 heterocycles. The van der Waals surface area contributed by atoms with Crippen LogP contribution in [0.1, 0.15) is 44.7 Å². The Balaban J connectivity index is 1.91. The monoisotopic (exact) mass is 597 g/mol. The van der Waals surface area contributed by atoms with Crippen molar-refractivity contribution in [2.45, 2.75) is 58.2 Å². The minimum Gasteiger partial charge on any atom is -0.497 e. The van der Waals surface area contributed by atoms with E-state index >= 15 is 0 Å². The van der Waals surface area contributed by atoms with Crippen molar-refractivity contribution in [3.05, 3.63) is 95.8 Å². The van der Waals surface area contributed by atoms with Crippen molar-refractivity contribution in [2.75, 3.05) is 24.2 Å². The minimum absolute atomic E-state index is 0.0306. The van der Waals surface area contributed by atoms with E-state index in [9.17, 15) is 22.4 Å². The second-order valence-corrected chi connectivity index (χ2v) is 13.1. The first-order chi connectivity index (χ1) is 19.8. The number of carbonyl (C=O) groups is 2. The van der Waals surface area contributed by atoms with E-state index in [1.54, 1.807) is 42.5 Å². The molecule has 3 rings (SSSR count). The number of sulfonamides is 1. The average Bonchev–Trinajstić information content (AvgIpc) is 2.92. The molecular formula is C32H40FN3O5S. The van der Waals surface area contributed by atoms with Crippen molar-refractivity contribution in [1.82, 2.24) is 10.2 Å². The maximum absolute atomic E-state index is 14.8. The van der Waals surface area contributed by atoms with Crippen LogP contribution >= 0.6 is 0 Å². The second kappa shape index (κ2) is 14.3. The Bertz CT molecular complexity index is 1460. The Morgan fingerprint density at radius 3 is 2.26 bits per heavy atom. The van der Waals surface area contributed by atoms with Crippen LogP contribution in [0, 0.1) is 5.82 Å². The minimum atomic E-state index is -3.67. The van der Waals surface area contributed by atoms with Gasteiger partial charge >= 0.3 is 0 Å². The van der Waals surface area contributed by atoms with Gasteiger partial charge in [0.2, 0.25) is 21.8 Å². The lowest BCUT2D eigenvalue weighted by atomic mass is 10.00. The van der Waals surface area contributed by atoms with Gasteiger partial charge in [-0.3, -0.25) is 13.9 Å². The highest BCUT2D eigenvalue weighted by molar-refractivity contribution is 7.92. The van der Waals surface area contributed by atoms with Crippen molar-refractivity contribution in [2.24, 2.45) is 0 Å². The van der Waals surface area contributed by atoms with Crippen molar-refractivity contribution in [3.63, 3.8) is 0 Å². The Hall–Kier alpha value is -3.92. The maximum atomic E-state index is 14.8. The summed E-state index contributed by atoms with van der Waals surface area (Å²) in [6.45, 7) is 5.47. The number of amides is 2. The molecule has 8 nitrogen and oxygen atoms in total. The summed E-state index contributed by atoms with van der Waals surface area (Å²) >= 11 is 0. The fraction of sp³-hybridized carbons (Fsp3) is 0.375. The van der Waals surface area contributed by atoms with Gasteiger partial charge < -0.3 is 15.0 Å². The Morgan fingerprint density at radius 1 is 0.976 bits per heavy atom. The van der Waals surface area contributed by atoms with E-state index in [1.807, 2.05) is 51.1 Å². The number of benzene rings is 3. The molecule has 2 amide bonds. The summed E-state index contributed by atoms with van der Waals surface area (Å²) in [5, 5.41) is 2.98. The molecule has 0 aliphatic rings. The summed E-state index contributed by atoms with van der Waals surface area (Å²) in [7, 11) is -2.17. The molecule has 0 radical (unpaired) electrons. The first kappa shape index (κ1) is 32.6. The van der Waals surface area contributed by atoms with Gasteiger partial charge in [-0.25, -0.2) is 12.8 Å². The van der Waals surface area contributed by atoms with Crippen molar-refractivity contribution >= 4 is 27.5 Å². The Kier molecular flexibility index (Phi) is 11.1. The molecule has 42 heavy (non-hydrogen) atoms. The van der Waals surface area contributed by atoms with Gasteiger partial charge in [0.1, 0.15) is 17.6 Å². The number of rotatable bonds is 13. The average molecular weight is 598 g/mol. The molecule has 3 aromatic carbocycles. The van der Waals surface area contributed by atoms with Crippen molar-refractivity contribution < 1.29 is 27.1 Å². The normalized spacial score (nSPS) is 12.3. The number of carbonyl (C=O) groups excluding carboxylic acids is 2. The molecule has 0 bridgehead atoms. The molecule has 1 N–H and O–H groups in total. The highest BCUT2D eigenvalue weighted by Gasteiger charge is 2.32. The summed E-state index contributed by atoms with van der Waals surface area (Å²) in [6.07, 6.45) is 1.45. The highest BCUT2D eigenvalue weighted by atomic mass is 32.2. The standard InChI is InChI=1S/C32H40FN3O5S/c1-32(2,3)34-31(38)29(21-24-13-7-6-8-14-24)35(23-25-15-9-10-18-28(25)33)30(37)19-12-20-36(42(5,39)40)26-16-11-17-27(22-26)41-4/h6-11,13-18,22,29H,12,19-21,23H2,1-5H3,(H,34,38)/t29-/m0/s1. The van der Waals surface area contributed by atoms with E-state index in [2.05, 4.69) is 5.32 Å². The third-order valence-electron chi connectivity index (χ3n) is 6.56. The predicted molar refractivity (Wildman–Crippen MR) is 163 cm³/mol. The molecule has 0 aliphatic carbocycles. The second-order valence-electron chi connectivity index (χ2n) is 11.2. The smallest absolute Gasteiger partial charge is 0.243 e. The summed E-state index contributed by atoms with van der Waals surface area (Å²) in [6, 6.07) is 21.2. The molecule has 0 unspecified atom stereocenters. The summed E-state index contributed by atoms with van der Waals surface area (Å²) < 4.78 is 46.5. The van der Waals surface area contributed by atoms with Crippen LogP contribution in [0.5, 0.6) is 5.75 Å². The van der Waals surface area contributed by atoms with Crippen LogP contribution < -0.4 is 14.4 Å². The van der Waals surface area contributed by atoms with Crippen molar-refractivity contribution in [3.8, 4) is 5.75 Å². The number of ether oxygens (including phenoxy) is 1. The first-order valence-electron chi connectivity index (χ1n) is 13.8. The fourth-order valence-corrected chi connectivity index (χ4v) is 5.54. The van der Waals surface area contributed by atoms with Gasteiger partial charge in [-0.2, -0.15) is 0 Å². The zero-order valence-corrected chi connectivity index (χ0v) is 25.7. The molecule has 0 saturated heterocycles. The van der Waals surface area contributed by atoms with E-state index < -0.39 is 27.4 Å². The maximum Gasteiger partial charge on any atom is 0.243 e. The molecule has 0 spiro atoms. The number of methoxy groups -OCH3 is 1. The Labute approximate surface area is 248 Å². The van der Waals surface area contributed by atoms with E-state index in [1.165, 1.54) is 22.4 Å². The molecule has 226 valence electrons. The van der Waals surface area contributed by atoms with Crippen molar-refractivity contribution in [1.29, 1.82) is 0 Å². The lowest BCUT2D eigenvalue weighted by Gasteiger charge is -2.34. The van der Waals surface area contributed by atoms with Gasteiger partial charge in [-0.1, -0.05) is 54.6 Å². The van der Waals surface area contributed by atoms with Crippen LogP contribution in [-0.4, -0.2) is 56.6 Å². The van der Waals surface area contributed by atoms with Crippen LogP contribution in [0.2, 0.25) is 0 Å². The summed E-state index contributed by atoms with van der Waals surface area (Å²) in [5.74, 6) is -0.722. The largest absolute Gasteiger partial charge is 0.497 e. The van der Waals surface area contributed by atoms with Gasteiger partial charge in [0.15, 0.2) is 0 Å². The zero-order chi connectivity index (χ0) is 30.9. The van der Waals surface area contributed by atoms with Crippen LogP contribution in [0.3, 0.4) is 0 Å². The highest BCUT2D eigenvalue weighted by Crippen LogP contribution is 2.24. The van der Waals surface area contributed by atoms with Gasteiger partial charge in [0.25, 0.3) is 0 Å². The number of hydrogen-bond donors (Lipinski definition) is 1. The number of nitrogens with one attached hydrogen (secondary N) is 1. The van der Waals surface area contributed by atoms with Crippen LogP contribution in [0.25, 0.3) is 0 Å². The van der Waals surface area contributed by atoms with E-state index in [0.29, 0.717) is 11.4 Å². The SMILES string of the molecule is COc1cccc(N(CCCC(=O)N(Cc2ccccc2F)[C@@H](Cc2ccccc2)C(=O)NC(C)(C)C)S(C)(=O)=O)c1. The number of hydrogen-bond acceptors (Lipinski definition) is 5. The fourth-order valence-electron chi connectivity index (χ4n) is 4.59. The van der Waals surface area contributed by atoms with Gasteiger partial charge in [0.05, 0.1) is 19.1 Å². The Morgan fingerprint density at radius 2 is 1.64 bits per heavy atom. The van der Waals surface area contributed by atoms with E-state index in [0.717, 1.165) is 11.8 Å². The van der Waals surface area contributed by atoms with E-state index in [-0.39, 0.29) is 49.7 Å². The van der Waals surface area contributed by atoms with Crippen LogP contribution in [0.4, 0.5) is 10.1 Å². The lowest BCUT2D eigenvalue weighted by Crippen LogP contribution is -2.54. The predicted octanol–water partition coefficient (Wildman–Crippen LogP) is 4.94. The molecule has 10 heteroatoms. The molecule has 0 aromatic heterocycles. The third-order valence-corrected chi connectivity index (χ3v) is 7.76. The lowest BCUT2D eigenvalue weighted by molar-refractivity contribution is -0.142. The molecule has 3 aromatic rings. The number of nitrogens with zero attached hydrogens (tertiary/aromatic N) is 2. The van der Waals surface area contributed by atoms with Gasteiger partial charge in [0, 0.05) is 43.1 Å². The first-order valence-corrected chi connectivity index (χ1v) is 15.6. The molecule has 1 atom stereocenters. The summed E-state index contributed by atoms with van der Waals surface area (Å²) in [4.78, 5) is 28.9. The number of halogens is 1. The molecule has 0 fully saturated rings. The van der Waals surface area contributed by atoms with Gasteiger partial charge in [-0.15, -0.1) is 0 Å².